The Balaban J connectivity index is 2.40. The third kappa shape index (κ3) is 2.36. The van der Waals surface area contributed by atoms with Crippen LogP contribution < -0.4 is 5.73 Å². The van der Waals surface area contributed by atoms with Gasteiger partial charge in [-0.25, -0.2) is 15.0 Å². The van der Waals surface area contributed by atoms with Crippen LogP contribution >= 0.6 is 11.3 Å². The van der Waals surface area contributed by atoms with Crippen LogP contribution in [-0.2, 0) is 6.42 Å². The van der Waals surface area contributed by atoms with Gasteiger partial charge in [-0.1, -0.05) is 13.3 Å². The Morgan fingerprint density at radius 1 is 1.31 bits per heavy atom. The van der Waals surface area contributed by atoms with Gasteiger partial charge in [-0.05, 0) is 13.3 Å². The molecule has 0 unspecified atom stereocenters. The first kappa shape index (κ1) is 11.0. The quantitative estimate of drug-likeness (QED) is 0.886. The summed E-state index contributed by atoms with van der Waals surface area (Å²) < 4.78 is 0. The van der Waals surface area contributed by atoms with Crippen LogP contribution in [-0.4, -0.2) is 15.0 Å². The Labute approximate surface area is 98.6 Å². The van der Waals surface area contributed by atoms with Crippen molar-refractivity contribution < 1.29 is 0 Å². The van der Waals surface area contributed by atoms with Gasteiger partial charge >= 0.3 is 0 Å². The lowest BCUT2D eigenvalue weighted by Crippen LogP contribution is -2.00. The Morgan fingerprint density at radius 3 is 2.75 bits per heavy atom. The number of nitrogen functional groups attached to an aromatic ring is 1. The molecule has 2 heterocycles. The molecule has 0 atom stereocenters. The van der Waals surface area contributed by atoms with E-state index in [1.165, 1.54) is 0 Å². The summed E-state index contributed by atoms with van der Waals surface area (Å²) in [5, 5.41) is 2.82. The summed E-state index contributed by atoms with van der Waals surface area (Å²) in [6.07, 6.45) is 1.97. The van der Waals surface area contributed by atoms with Gasteiger partial charge in [0.2, 0.25) is 0 Å². The first-order chi connectivity index (χ1) is 7.69. The number of thiazole rings is 1. The smallest absolute Gasteiger partial charge is 0.190 e. The molecule has 0 bridgehead atoms. The molecule has 0 spiro atoms. The Bertz CT molecular complexity index is 492. The number of anilines is 1. The van der Waals surface area contributed by atoms with Gasteiger partial charge in [-0.3, -0.25) is 0 Å². The highest BCUT2D eigenvalue weighted by atomic mass is 32.1. The zero-order valence-corrected chi connectivity index (χ0v) is 10.2. The predicted octanol–water partition coefficient (Wildman–Crippen LogP) is 2.44. The molecule has 2 aromatic rings. The molecule has 0 aliphatic rings. The summed E-state index contributed by atoms with van der Waals surface area (Å²) in [7, 11) is 0. The maximum absolute atomic E-state index is 5.76. The van der Waals surface area contributed by atoms with Crippen molar-refractivity contribution in [3.8, 4) is 10.8 Å². The lowest BCUT2D eigenvalue weighted by molar-refractivity contribution is 0.876. The molecule has 0 fully saturated rings. The molecule has 2 N–H and O–H groups in total. The molecule has 0 amide bonds. The molecule has 0 saturated carbocycles. The summed E-state index contributed by atoms with van der Waals surface area (Å²) in [5.41, 5.74) is 7.73. The van der Waals surface area contributed by atoms with Gasteiger partial charge in [0.15, 0.2) is 10.8 Å². The normalized spacial score (nSPS) is 10.6. The Hall–Kier alpha value is -1.49. The van der Waals surface area contributed by atoms with Crippen LogP contribution in [0.5, 0.6) is 0 Å². The van der Waals surface area contributed by atoms with Crippen LogP contribution in [0.4, 0.5) is 5.82 Å². The largest absolute Gasteiger partial charge is 0.384 e. The van der Waals surface area contributed by atoms with E-state index < -0.39 is 0 Å². The van der Waals surface area contributed by atoms with Crippen molar-refractivity contribution in [2.24, 2.45) is 0 Å². The average Bonchev–Trinajstić information content (AvgIpc) is 2.64. The van der Waals surface area contributed by atoms with E-state index in [1.807, 2.05) is 18.4 Å². The van der Waals surface area contributed by atoms with Gasteiger partial charge in [0.05, 0.1) is 0 Å². The molecule has 0 aliphatic heterocycles. The van der Waals surface area contributed by atoms with Gasteiger partial charge in [-0.15, -0.1) is 11.3 Å². The van der Waals surface area contributed by atoms with Crippen LogP contribution in [0.3, 0.4) is 0 Å². The monoisotopic (exact) mass is 234 g/mol. The van der Waals surface area contributed by atoms with E-state index >= 15 is 0 Å². The van der Waals surface area contributed by atoms with Crippen LogP contribution in [0.25, 0.3) is 10.8 Å². The molecule has 0 saturated heterocycles. The first-order valence-electron chi connectivity index (χ1n) is 5.25. The van der Waals surface area contributed by atoms with Gasteiger partial charge in [0, 0.05) is 22.8 Å². The molecule has 4 nitrogen and oxygen atoms in total. The Kier molecular flexibility index (Phi) is 3.14. The van der Waals surface area contributed by atoms with Crippen molar-refractivity contribution >= 4 is 17.2 Å². The maximum Gasteiger partial charge on any atom is 0.190 e. The zero-order valence-electron chi connectivity index (χ0n) is 9.40. The molecule has 2 aromatic heterocycles. The zero-order chi connectivity index (χ0) is 11.5. The number of hydrogen-bond acceptors (Lipinski definition) is 5. The van der Waals surface area contributed by atoms with E-state index in [0.717, 1.165) is 29.2 Å². The van der Waals surface area contributed by atoms with Gasteiger partial charge in [0.25, 0.3) is 0 Å². The fourth-order valence-corrected chi connectivity index (χ4v) is 2.18. The first-order valence-corrected chi connectivity index (χ1v) is 6.13. The second-order valence-electron chi connectivity index (χ2n) is 3.65. The third-order valence-corrected chi connectivity index (χ3v) is 3.07. The third-order valence-electron chi connectivity index (χ3n) is 2.12. The molecular formula is C11H14N4S. The molecule has 84 valence electrons. The van der Waals surface area contributed by atoms with E-state index in [4.69, 9.17) is 5.73 Å². The van der Waals surface area contributed by atoms with Crippen molar-refractivity contribution in [3.05, 3.63) is 22.8 Å². The number of hydrogen-bond donors (Lipinski definition) is 1. The van der Waals surface area contributed by atoms with Crippen LogP contribution in [0.1, 0.15) is 24.7 Å². The highest BCUT2D eigenvalue weighted by molar-refractivity contribution is 7.13. The van der Waals surface area contributed by atoms with Gasteiger partial charge < -0.3 is 5.73 Å². The highest BCUT2D eigenvalue weighted by Gasteiger charge is 2.08. The van der Waals surface area contributed by atoms with Crippen LogP contribution in [0, 0.1) is 6.92 Å². The van der Waals surface area contributed by atoms with Gasteiger partial charge in [0.1, 0.15) is 5.82 Å². The SMILES string of the molecule is CCCc1cc(N)nc(-c2nc(C)cs2)n1. The van der Waals surface area contributed by atoms with E-state index in [2.05, 4.69) is 21.9 Å². The molecule has 2 rings (SSSR count). The minimum Gasteiger partial charge on any atom is -0.384 e. The predicted molar refractivity (Wildman–Crippen MR) is 66.3 cm³/mol. The lowest BCUT2D eigenvalue weighted by atomic mass is 10.2. The summed E-state index contributed by atoms with van der Waals surface area (Å²) in [6, 6.07) is 1.83. The Morgan fingerprint density at radius 2 is 2.12 bits per heavy atom. The maximum atomic E-state index is 5.76. The van der Waals surface area contributed by atoms with E-state index in [0.29, 0.717) is 11.6 Å². The van der Waals surface area contributed by atoms with E-state index in [9.17, 15) is 0 Å². The minimum absolute atomic E-state index is 0.515. The molecule has 0 aromatic carbocycles. The summed E-state index contributed by atoms with van der Waals surface area (Å²) in [5.74, 6) is 1.16. The van der Waals surface area contributed by atoms with Crippen molar-refractivity contribution in [2.45, 2.75) is 26.7 Å². The van der Waals surface area contributed by atoms with Crippen molar-refractivity contribution in [2.75, 3.05) is 5.73 Å². The number of aromatic nitrogens is 3. The molecular weight excluding hydrogens is 220 g/mol. The molecule has 0 aliphatic carbocycles. The highest BCUT2D eigenvalue weighted by Crippen LogP contribution is 2.21. The second-order valence-corrected chi connectivity index (χ2v) is 4.51. The van der Waals surface area contributed by atoms with Gasteiger partial charge in [-0.2, -0.15) is 0 Å². The standard InChI is InChI=1S/C11H14N4S/c1-3-4-8-5-9(12)15-10(14-8)11-13-7(2)6-16-11/h5-6H,3-4H2,1-2H3,(H2,12,14,15). The van der Waals surface area contributed by atoms with Crippen molar-refractivity contribution in [1.82, 2.24) is 15.0 Å². The van der Waals surface area contributed by atoms with Crippen LogP contribution in [0.2, 0.25) is 0 Å². The lowest BCUT2D eigenvalue weighted by Gasteiger charge is -2.02. The molecule has 5 heteroatoms. The summed E-state index contributed by atoms with van der Waals surface area (Å²) >= 11 is 1.55. The number of nitrogens with zero attached hydrogens (tertiary/aromatic N) is 3. The van der Waals surface area contributed by atoms with Crippen molar-refractivity contribution in [1.29, 1.82) is 0 Å². The minimum atomic E-state index is 0.515. The fraction of sp³-hybridized carbons (Fsp3) is 0.364. The molecule has 16 heavy (non-hydrogen) atoms. The number of nitrogens with two attached hydrogens (primary N) is 1. The van der Waals surface area contributed by atoms with E-state index in [-0.39, 0.29) is 0 Å². The number of aryl methyl sites for hydroxylation is 2. The summed E-state index contributed by atoms with van der Waals surface area (Å²) in [6.45, 7) is 4.07. The summed E-state index contributed by atoms with van der Waals surface area (Å²) in [4.78, 5) is 13.0. The van der Waals surface area contributed by atoms with E-state index in [1.54, 1.807) is 11.3 Å². The van der Waals surface area contributed by atoms with Crippen LogP contribution in [0.15, 0.2) is 11.4 Å². The topological polar surface area (TPSA) is 64.7 Å². The average molecular weight is 234 g/mol. The van der Waals surface area contributed by atoms with Crippen molar-refractivity contribution in [3.63, 3.8) is 0 Å². The number of rotatable bonds is 3. The fourth-order valence-electron chi connectivity index (χ4n) is 1.46. The molecule has 0 radical (unpaired) electrons. The second kappa shape index (κ2) is 4.57.